The number of sulfonamides is 1. The van der Waals surface area contributed by atoms with E-state index in [0.717, 1.165) is 10.3 Å². The molecule has 0 atom stereocenters. The zero-order chi connectivity index (χ0) is 29.9. The van der Waals surface area contributed by atoms with E-state index in [1.54, 1.807) is 31.2 Å². The first-order chi connectivity index (χ1) is 20.2. The molecular formula is C29H31N5O6S2. The fourth-order valence-corrected chi connectivity index (χ4v) is 7.13. The van der Waals surface area contributed by atoms with Crippen LogP contribution in [0, 0.1) is 6.92 Å². The van der Waals surface area contributed by atoms with Crippen molar-refractivity contribution < 1.29 is 27.5 Å². The third-order valence-corrected chi connectivity index (χ3v) is 10.1. The SMILES string of the molecule is CCOC(=O)N1CCN(S(=O)(=O)c2ccc(C(=O)N(Cc3ccccn3)c3nc4c(OC)ccc(C)c4s3)cc2)CC1. The Hall–Kier alpha value is -4.07. The van der Waals surface area contributed by atoms with Crippen molar-refractivity contribution in [1.29, 1.82) is 0 Å². The molecule has 220 valence electrons. The number of hydrogen-bond acceptors (Lipinski definition) is 9. The normalized spacial score (nSPS) is 14.1. The maximum atomic E-state index is 13.9. The molecule has 0 bridgehead atoms. The van der Waals surface area contributed by atoms with Crippen molar-refractivity contribution >= 4 is 48.7 Å². The van der Waals surface area contributed by atoms with Gasteiger partial charge in [-0.25, -0.2) is 18.2 Å². The number of pyridine rings is 1. The van der Waals surface area contributed by atoms with E-state index in [0.29, 0.717) is 27.7 Å². The number of rotatable bonds is 8. The molecule has 1 aliphatic heterocycles. The van der Waals surface area contributed by atoms with Crippen molar-refractivity contribution in [3.05, 3.63) is 77.6 Å². The second-order valence-electron chi connectivity index (χ2n) is 9.59. The molecule has 0 N–H and O–H groups in total. The zero-order valence-corrected chi connectivity index (χ0v) is 25.2. The van der Waals surface area contributed by atoms with E-state index in [1.807, 2.05) is 31.2 Å². The van der Waals surface area contributed by atoms with E-state index in [2.05, 4.69) is 4.98 Å². The van der Waals surface area contributed by atoms with Gasteiger partial charge >= 0.3 is 6.09 Å². The third kappa shape index (κ3) is 5.94. The first-order valence-corrected chi connectivity index (χ1v) is 15.7. The molecular weight excluding hydrogens is 578 g/mol. The number of benzene rings is 2. The molecule has 42 heavy (non-hydrogen) atoms. The van der Waals surface area contributed by atoms with Crippen LogP contribution in [0.4, 0.5) is 9.93 Å². The molecule has 2 aromatic heterocycles. The summed E-state index contributed by atoms with van der Waals surface area (Å²) in [6.45, 7) is 4.92. The summed E-state index contributed by atoms with van der Waals surface area (Å²) in [4.78, 5) is 38.2. The molecule has 0 saturated carbocycles. The summed E-state index contributed by atoms with van der Waals surface area (Å²) in [5, 5.41) is 0.476. The maximum absolute atomic E-state index is 13.9. The van der Waals surface area contributed by atoms with Gasteiger partial charge in [0.1, 0.15) is 11.3 Å². The van der Waals surface area contributed by atoms with Gasteiger partial charge in [0.15, 0.2) is 5.13 Å². The molecule has 2 amide bonds. The van der Waals surface area contributed by atoms with Crippen LogP contribution in [0.2, 0.25) is 0 Å². The smallest absolute Gasteiger partial charge is 0.409 e. The third-order valence-electron chi connectivity index (χ3n) is 6.94. The Labute approximate surface area is 248 Å². The summed E-state index contributed by atoms with van der Waals surface area (Å²) in [7, 11) is -2.24. The number of piperazine rings is 1. The monoisotopic (exact) mass is 609 g/mol. The average molecular weight is 610 g/mol. The Morgan fingerprint density at radius 3 is 2.40 bits per heavy atom. The van der Waals surface area contributed by atoms with Gasteiger partial charge in [0, 0.05) is 37.9 Å². The van der Waals surface area contributed by atoms with E-state index in [4.69, 9.17) is 14.5 Å². The molecule has 3 heterocycles. The Morgan fingerprint density at radius 1 is 1.02 bits per heavy atom. The number of hydrogen-bond donors (Lipinski definition) is 0. The Bertz CT molecular complexity index is 1690. The number of aromatic nitrogens is 2. The van der Waals surface area contributed by atoms with Crippen molar-refractivity contribution in [3.8, 4) is 5.75 Å². The maximum Gasteiger partial charge on any atom is 0.409 e. The molecule has 13 heteroatoms. The van der Waals surface area contributed by atoms with Gasteiger partial charge in [0.2, 0.25) is 10.0 Å². The zero-order valence-electron chi connectivity index (χ0n) is 23.5. The van der Waals surface area contributed by atoms with Gasteiger partial charge < -0.3 is 14.4 Å². The number of methoxy groups -OCH3 is 1. The van der Waals surface area contributed by atoms with Crippen LogP contribution in [0.3, 0.4) is 0 Å². The highest BCUT2D eigenvalue weighted by molar-refractivity contribution is 7.89. The van der Waals surface area contributed by atoms with Crippen LogP contribution in [0.5, 0.6) is 5.75 Å². The van der Waals surface area contributed by atoms with Gasteiger partial charge in [-0.15, -0.1) is 0 Å². The number of carbonyl (C=O) groups is 2. The largest absolute Gasteiger partial charge is 0.494 e. The Morgan fingerprint density at radius 2 is 1.76 bits per heavy atom. The molecule has 0 spiro atoms. The van der Waals surface area contributed by atoms with Crippen molar-refractivity contribution in [2.45, 2.75) is 25.3 Å². The minimum Gasteiger partial charge on any atom is -0.494 e. The van der Waals surface area contributed by atoms with E-state index in [-0.39, 0.29) is 50.1 Å². The number of aryl methyl sites for hydroxylation is 1. The highest BCUT2D eigenvalue weighted by atomic mass is 32.2. The van der Waals surface area contributed by atoms with E-state index < -0.39 is 16.1 Å². The molecule has 0 unspecified atom stereocenters. The van der Waals surface area contributed by atoms with E-state index >= 15 is 0 Å². The highest BCUT2D eigenvalue weighted by Crippen LogP contribution is 2.37. The molecule has 1 saturated heterocycles. The standard InChI is InChI=1S/C29H31N5O6S2/c1-4-40-29(36)32-15-17-33(18-16-32)42(37,38)23-11-9-21(10-12-23)27(35)34(19-22-7-5-6-14-30-22)28-31-25-24(39-3)13-8-20(2)26(25)41-28/h5-14H,4,15-19H2,1-3H3. The van der Waals surface area contributed by atoms with E-state index in [9.17, 15) is 18.0 Å². The summed E-state index contributed by atoms with van der Waals surface area (Å²) in [5.74, 6) is 0.268. The first-order valence-electron chi connectivity index (χ1n) is 13.4. The predicted molar refractivity (Wildman–Crippen MR) is 159 cm³/mol. The predicted octanol–water partition coefficient (Wildman–Crippen LogP) is 4.32. The van der Waals surface area contributed by atoms with Gasteiger partial charge in [0.05, 0.1) is 35.6 Å². The summed E-state index contributed by atoms with van der Waals surface area (Å²) in [5.41, 5.74) is 2.66. The molecule has 0 aliphatic carbocycles. The van der Waals surface area contributed by atoms with Crippen LogP contribution in [0.25, 0.3) is 10.2 Å². The average Bonchev–Trinajstić information content (AvgIpc) is 3.47. The summed E-state index contributed by atoms with van der Waals surface area (Å²) < 4.78 is 39.4. The molecule has 2 aromatic carbocycles. The molecule has 11 nitrogen and oxygen atoms in total. The molecule has 1 aliphatic rings. The minimum absolute atomic E-state index is 0.0697. The van der Waals surface area contributed by atoms with Gasteiger partial charge in [-0.05, 0) is 61.9 Å². The number of anilines is 1. The van der Waals surface area contributed by atoms with Crippen LogP contribution in [-0.4, -0.2) is 79.5 Å². The second-order valence-corrected chi connectivity index (χ2v) is 12.5. The van der Waals surface area contributed by atoms with Gasteiger partial charge in [-0.3, -0.25) is 14.7 Å². The summed E-state index contributed by atoms with van der Waals surface area (Å²) in [6, 6.07) is 15.2. The summed E-state index contributed by atoms with van der Waals surface area (Å²) in [6.07, 6.45) is 1.21. The second kappa shape index (κ2) is 12.4. The van der Waals surface area contributed by atoms with Crippen molar-refractivity contribution in [2.75, 3.05) is 44.8 Å². The lowest BCUT2D eigenvalue weighted by Gasteiger charge is -2.33. The fourth-order valence-electron chi connectivity index (χ4n) is 4.66. The quantitative estimate of drug-likeness (QED) is 0.290. The van der Waals surface area contributed by atoms with Crippen LogP contribution >= 0.6 is 11.3 Å². The topological polar surface area (TPSA) is 122 Å². The van der Waals surface area contributed by atoms with Crippen LogP contribution < -0.4 is 9.64 Å². The summed E-state index contributed by atoms with van der Waals surface area (Å²) >= 11 is 1.38. The van der Waals surface area contributed by atoms with Crippen molar-refractivity contribution in [3.63, 3.8) is 0 Å². The number of amides is 2. The lowest BCUT2D eigenvalue weighted by molar-refractivity contribution is 0.0933. The Balaban J connectivity index is 1.40. The number of thiazole rings is 1. The van der Waals surface area contributed by atoms with Crippen LogP contribution in [0.1, 0.15) is 28.5 Å². The van der Waals surface area contributed by atoms with Gasteiger partial charge in [-0.1, -0.05) is 23.5 Å². The van der Waals surface area contributed by atoms with E-state index in [1.165, 1.54) is 44.8 Å². The van der Waals surface area contributed by atoms with Crippen LogP contribution in [0.15, 0.2) is 65.7 Å². The number of nitrogens with zero attached hydrogens (tertiary/aromatic N) is 5. The van der Waals surface area contributed by atoms with Crippen molar-refractivity contribution in [2.24, 2.45) is 0 Å². The molecule has 4 aromatic rings. The fraction of sp³-hybridized carbons (Fsp3) is 0.310. The lowest BCUT2D eigenvalue weighted by Crippen LogP contribution is -2.50. The number of fused-ring (bicyclic) bond motifs is 1. The molecule has 1 fully saturated rings. The Kier molecular flexibility index (Phi) is 8.71. The highest BCUT2D eigenvalue weighted by Gasteiger charge is 2.31. The van der Waals surface area contributed by atoms with Crippen molar-refractivity contribution in [1.82, 2.24) is 19.2 Å². The minimum atomic E-state index is -3.82. The number of ether oxygens (including phenoxy) is 2. The number of carbonyl (C=O) groups excluding carboxylic acids is 2. The van der Waals surface area contributed by atoms with Crippen LogP contribution in [-0.2, 0) is 21.3 Å². The lowest BCUT2D eigenvalue weighted by atomic mass is 10.2. The van der Waals surface area contributed by atoms with Gasteiger partial charge in [-0.2, -0.15) is 4.31 Å². The molecule has 0 radical (unpaired) electrons. The first kappa shape index (κ1) is 29.4. The molecule has 5 rings (SSSR count). The van der Waals surface area contributed by atoms with Gasteiger partial charge in [0.25, 0.3) is 5.91 Å².